The van der Waals surface area contributed by atoms with Crippen molar-refractivity contribution < 1.29 is 0 Å². The first kappa shape index (κ1) is 17.7. The average Bonchev–Trinajstić information content (AvgIpc) is 3.13. The third kappa shape index (κ3) is 3.12. The quantitative estimate of drug-likeness (QED) is 0.297. The van der Waals surface area contributed by atoms with Crippen molar-refractivity contribution in [2.24, 2.45) is 0 Å². The molecule has 0 atom stereocenters. The lowest BCUT2D eigenvalue weighted by Gasteiger charge is -2.27. The van der Waals surface area contributed by atoms with E-state index < -0.39 is 0 Å². The summed E-state index contributed by atoms with van der Waals surface area (Å²) in [4.78, 5) is 2.26. The fourth-order valence-electron chi connectivity index (χ4n) is 3.95. The van der Waals surface area contributed by atoms with Crippen LogP contribution in [0.4, 0.5) is 11.4 Å². The first-order valence-electron chi connectivity index (χ1n) is 9.74. The number of para-hydroxylation sites is 1. The van der Waals surface area contributed by atoms with Gasteiger partial charge in [0.1, 0.15) is 0 Å². The lowest BCUT2D eigenvalue weighted by atomic mass is 10.0. The number of benzene rings is 4. The van der Waals surface area contributed by atoms with E-state index in [1.807, 2.05) is 11.3 Å². The molecule has 0 aliphatic carbocycles. The van der Waals surface area contributed by atoms with E-state index in [1.54, 1.807) is 0 Å². The predicted molar refractivity (Wildman–Crippen MR) is 128 cm³/mol. The number of thiophene rings is 1. The molecule has 0 saturated heterocycles. The van der Waals surface area contributed by atoms with E-state index in [0.717, 1.165) is 17.1 Å². The Bertz CT molecular complexity index is 1330. The molecule has 1 nitrogen and oxygen atoms in total. The largest absolute Gasteiger partial charge is 0.314 e. The summed E-state index contributed by atoms with van der Waals surface area (Å²) in [6.07, 6.45) is 0. The van der Waals surface area contributed by atoms with Crippen molar-refractivity contribution in [1.29, 1.82) is 0 Å². The smallest absolute Gasteiger partial charge is 0.0536 e. The van der Waals surface area contributed by atoms with E-state index in [-0.39, 0.29) is 0 Å². The number of fused-ring (bicyclic) bond motifs is 3. The maximum Gasteiger partial charge on any atom is 0.0536 e. The minimum atomic E-state index is 0.993. The highest BCUT2D eigenvalue weighted by Gasteiger charge is 2.16. The molecule has 0 amide bonds. The zero-order valence-electron chi connectivity index (χ0n) is 16.3. The van der Waals surface area contributed by atoms with Crippen LogP contribution in [-0.4, -0.2) is 0 Å². The molecule has 5 rings (SSSR count). The van der Waals surface area contributed by atoms with Gasteiger partial charge in [-0.3, -0.25) is 0 Å². The summed E-state index contributed by atoms with van der Waals surface area (Å²) in [5.74, 6) is 0. The van der Waals surface area contributed by atoms with Crippen LogP contribution in [0.15, 0.2) is 109 Å². The summed E-state index contributed by atoms with van der Waals surface area (Å²) >= 11 is 1.85. The van der Waals surface area contributed by atoms with Gasteiger partial charge >= 0.3 is 0 Å². The van der Waals surface area contributed by atoms with Crippen LogP contribution in [-0.2, 0) is 0 Å². The van der Waals surface area contributed by atoms with Crippen molar-refractivity contribution in [2.45, 2.75) is 6.92 Å². The Morgan fingerprint density at radius 3 is 2.24 bits per heavy atom. The third-order valence-corrected chi connectivity index (χ3v) is 6.38. The number of nitrogens with zero attached hydrogens (tertiary/aromatic N) is 1. The molecule has 0 aliphatic heterocycles. The molecule has 0 spiro atoms. The van der Waals surface area contributed by atoms with Gasteiger partial charge in [0, 0.05) is 37.1 Å². The van der Waals surface area contributed by atoms with Crippen LogP contribution < -0.4 is 4.90 Å². The normalized spacial score (nSPS) is 11.1. The Morgan fingerprint density at radius 1 is 0.724 bits per heavy atom. The van der Waals surface area contributed by atoms with Crippen LogP contribution in [0.25, 0.3) is 31.3 Å². The van der Waals surface area contributed by atoms with Crippen LogP contribution in [0.1, 0.15) is 6.92 Å². The van der Waals surface area contributed by atoms with E-state index in [4.69, 9.17) is 0 Å². The highest BCUT2D eigenvalue weighted by Crippen LogP contribution is 2.41. The Morgan fingerprint density at radius 2 is 1.41 bits per heavy atom. The number of rotatable bonds is 4. The summed E-state index contributed by atoms with van der Waals surface area (Å²) < 4.78 is 2.64. The summed E-state index contributed by atoms with van der Waals surface area (Å²) in [5, 5.41) is 2.61. The van der Waals surface area contributed by atoms with Crippen LogP contribution in [0.3, 0.4) is 0 Å². The molecule has 0 saturated carbocycles. The molecule has 29 heavy (non-hydrogen) atoms. The highest BCUT2D eigenvalue weighted by molar-refractivity contribution is 7.25. The number of anilines is 2. The van der Waals surface area contributed by atoms with E-state index in [1.165, 1.54) is 31.3 Å². The second-order valence-corrected chi connectivity index (χ2v) is 8.32. The second kappa shape index (κ2) is 7.23. The monoisotopic (exact) mass is 391 g/mol. The van der Waals surface area contributed by atoms with E-state index in [9.17, 15) is 0 Å². The van der Waals surface area contributed by atoms with Gasteiger partial charge in [0.05, 0.1) is 5.69 Å². The van der Waals surface area contributed by atoms with E-state index in [0.29, 0.717) is 0 Å². The lowest BCUT2D eigenvalue weighted by molar-refractivity contribution is 1.17. The second-order valence-electron chi connectivity index (χ2n) is 7.23. The molecule has 0 aliphatic rings. The zero-order chi connectivity index (χ0) is 19.8. The van der Waals surface area contributed by atoms with Crippen molar-refractivity contribution >= 4 is 42.9 Å². The van der Waals surface area contributed by atoms with Gasteiger partial charge in [0.15, 0.2) is 0 Å². The van der Waals surface area contributed by atoms with Crippen LogP contribution in [0.2, 0.25) is 0 Å². The predicted octanol–water partition coefficient (Wildman–Crippen LogP) is 8.39. The first-order chi connectivity index (χ1) is 14.2. The van der Waals surface area contributed by atoms with Gasteiger partial charge in [-0.05, 0) is 42.8 Å². The summed E-state index contributed by atoms with van der Waals surface area (Å²) in [6, 6.07) is 34.4. The Balaban J connectivity index is 1.71. The van der Waals surface area contributed by atoms with Crippen molar-refractivity contribution in [3.63, 3.8) is 0 Å². The van der Waals surface area contributed by atoms with Gasteiger partial charge < -0.3 is 4.90 Å². The fraction of sp³-hybridized carbons (Fsp3) is 0.0370. The summed E-state index contributed by atoms with van der Waals surface area (Å²) in [6.45, 7) is 6.37. The molecule has 0 fully saturated rings. The van der Waals surface area contributed by atoms with Gasteiger partial charge in [0.25, 0.3) is 0 Å². The van der Waals surface area contributed by atoms with Gasteiger partial charge in [-0.2, -0.15) is 0 Å². The van der Waals surface area contributed by atoms with E-state index in [2.05, 4.69) is 115 Å². The van der Waals surface area contributed by atoms with Gasteiger partial charge in [-0.15, -0.1) is 11.3 Å². The minimum Gasteiger partial charge on any atom is -0.314 e. The molecular weight excluding hydrogens is 370 g/mol. The maximum absolute atomic E-state index is 4.30. The average molecular weight is 392 g/mol. The molecular formula is C27H21NS. The van der Waals surface area contributed by atoms with Gasteiger partial charge in [-0.1, -0.05) is 73.3 Å². The lowest BCUT2D eigenvalue weighted by Crippen LogP contribution is -2.14. The molecule has 0 bridgehead atoms. The van der Waals surface area contributed by atoms with Crippen molar-refractivity contribution in [1.82, 2.24) is 0 Å². The standard InChI is InChI=1S/C27H21NS/c1-19(2)28(25-14-8-6-12-22(25)20-10-4-3-5-11-20)21-16-17-27-24(18-21)23-13-7-9-15-26(23)29-27/h3-18H,1H2,2H3. The number of hydrogen-bond donors (Lipinski definition) is 0. The molecule has 1 heterocycles. The molecule has 0 radical (unpaired) electrons. The maximum atomic E-state index is 4.30. The molecule has 1 aromatic heterocycles. The molecule has 0 unspecified atom stereocenters. The Hall–Kier alpha value is -3.36. The zero-order valence-corrected chi connectivity index (χ0v) is 17.1. The molecule has 5 aromatic rings. The Kier molecular flexibility index (Phi) is 4.42. The SMILES string of the molecule is C=C(C)N(c1ccc2sc3ccccc3c2c1)c1ccccc1-c1ccccc1. The Labute approximate surface area is 175 Å². The van der Waals surface area contributed by atoms with Crippen LogP contribution >= 0.6 is 11.3 Å². The topological polar surface area (TPSA) is 3.24 Å². The van der Waals surface area contributed by atoms with Crippen LogP contribution in [0.5, 0.6) is 0 Å². The highest BCUT2D eigenvalue weighted by atomic mass is 32.1. The van der Waals surface area contributed by atoms with Gasteiger partial charge in [0.2, 0.25) is 0 Å². The van der Waals surface area contributed by atoms with Crippen molar-refractivity contribution in [3.8, 4) is 11.1 Å². The van der Waals surface area contributed by atoms with Crippen LogP contribution in [0, 0.1) is 0 Å². The van der Waals surface area contributed by atoms with E-state index >= 15 is 0 Å². The minimum absolute atomic E-state index is 0.993. The molecule has 2 heteroatoms. The summed E-state index contributed by atoms with van der Waals surface area (Å²) in [5.41, 5.74) is 5.68. The number of hydrogen-bond acceptors (Lipinski definition) is 2. The number of allylic oxidation sites excluding steroid dienone is 1. The van der Waals surface area contributed by atoms with Crippen molar-refractivity contribution in [2.75, 3.05) is 4.90 Å². The molecule has 0 N–H and O–H groups in total. The fourth-order valence-corrected chi connectivity index (χ4v) is 5.04. The van der Waals surface area contributed by atoms with Gasteiger partial charge in [-0.25, -0.2) is 0 Å². The molecule has 4 aromatic carbocycles. The third-order valence-electron chi connectivity index (χ3n) is 5.23. The molecule has 140 valence electrons. The first-order valence-corrected chi connectivity index (χ1v) is 10.6. The van der Waals surface area contributed by atoms with Crippen molar-refractivity contribution in [3.05, 3.63) is 109 Å². The summed E-state index contributed by atoms with van der Waals surface area (Å²) in [7, 11) is 0.